The second-order valence-corrected chi connectivity index (χ2v) is 4.07. The Morgan fingerprint density at radius 2 is 1.88 bits per heavy atom. The van der Waals surface area contributed by atoms with E-state index in [-0.39, 0.29) is 18.2 Å². The molecule has 0 N–H and O–H groups in total. The molecule has 0 bridgehead atoms. The zero-order valence-corrected chi connectivity index (χ0v) is 9.47. The summed E-state index contributed by atoms with van der Waals surface area (Å²) in [6.45, 7) is 3.86. The molecule has 0 aromatic heterocycles. The van der Waals surface area contributed by atoms with E-state index in [4.69, 9.17) is 9.47 Å². The smallest absolute Gasteiger partial charge is 0.128 e. The number of hydrogen-bond acceptors (Lipinski definition) is 3. The summed E-state index contributed by atoms with van der Waals surface area (Å²) in [5.41, 5.74) is 0.489. The molecule has 2 atom stereocenters. The summed E-state index contributed by atoms with van der Waals surface area (Å²) in [7, 11) is 0. The van der Waals surface area contributed by atoms with Gasteiger partial charge >= 0.3 is 0 Å². The zero-order valence-electron chi connectivity index (χ0n) is 9.47. The van der Waals surface area contributed by atoms with Gasteiger partial charge in [0.05, 0.1) is 12.0 Å². The fourth-order valence-corrected chi connectivity index (χ4v) is 1.83. The van der Waals surface area contributed by atoms with Crippen molar-refractivity contribution in [2.24, 2.45) is 0 Å². The number of fused-ring (bicyclic) bond motifs is 1. The first-order valence-electron chi connectivity index (χ1n) is 5.47. The lowest BCUT2D eigenvalue weighted by Gasteiger charge is -2.32. The third-order valence-corrected chi connectivity index (χ3v) is 2.52. The van der Waals surface area contributed by atoms with Gasteiger partial charge in [0.2, 0.25) is 0 Å². The van der Waals surface area contributed by atoms with E-state index in [1.165, 1.54) is 0 Å². The Morgan fingerprint density at radius 3 is 2.69 bits per heavy atom. The minimum Gasteiger partial charge on any atom is -0.610 e. The van der Waals surface area contributed by atoms with Crippen LogP contribution in [-0.4, -0.2) is 12.2 Å². The Bertz CT molecular complexity index is 388. The van der Waals surface area contributed by atoms with Gasteiger partial charge in [0, 0.05) is 11.7 Å². The molecule has 0 spiro atoms. The van der Waals surface area contributed by atoms with E-state index < -0.39 is 0 Å². The fourth-order valence-electron chi connectivity index (χ4n) is 1.83. The van der Waals surface area contributed by atoms with Crippen molar-refractivity contribution in [3.63, 3.8) is 0 Å². The SMILES string of the molecule is C[C@H]1C[C@H](C)O/C([O-])=C2/C=CC=CC=C2O1. The molecule has 3 heteroatoms. The van der Waals surface area contributed by atoms with E-state index in [0.717, 1.165) is 0 Å². The molecule has 0 saturated heterocycles. The Balaban J connectivity index is 2.39. The average Bonchev–Trinajstić information content (AvgIpc) is 2.40. The van der Waals surface area contributed by atoms with Crippen molar-refractivity contribution in [1.82, 2.24) is 0 Å². The van der Waals surface area contributed by atoms with Gasteiger partial charge in [-0.05, 0) is 25.5 Å². The third-order valence-electron chi connectivity index (χ3n) is 2.52. The van der Waals surface area contributed by atoms with E-state index in [9.17, 15) is 5.11 Å². The van der Waals surface area contributed by atoms with Crippen molar-refractivity contribution in [3.8, 4) is 0 Å². The van der Waals surface area contributed by atoms with Gasteiger partial charge in [-0.2, -0.15) is 0 Å². The van der Waals surface area contributed by atoms with Gasteiger partial charge in [0.25, 0.3) is 0 Å². The molecule has 0 unspecified atom stereocenters. The van der Waals surface area contributed by atoms with Gasteiger partial charge in [0.15, 0.2) is 0 Å². The van der Waals surface area contributed by atoms with Crippen molar-refractivity contribution >= 4 is 0 Å². The maximum absolute atomic E-state index is 11.8. The van der Waals surface area contributed by atoms with E-state index in [2.05, 4.69) is 0 Å². The fraction of sp³-hybridized carbons (Fsp3) is 0.385. The van der Waals surface area contributed by atoms with Crippen molar-refractivity contribution in [2.45, 2.75) is 32.5 Å². The first kappa shape index (κ1) is 10.9. The molecule has 1 heterocycles. The second kappa shape index (κ2) is 4.47. The highest BCUT2D eigenvalue weighted by Gasteiger charge is 2.17. The first-order chi connectivity index (χ1) is 7.66. The van der Waals surface area contributed by atoms with Gasteiger partial charge in [-0.15, -0.1) is 0 Å². The lowest BCUT2D eigenvalue weighted by Crippen LogP contribution is -2.26. The van der Waals surface area contributed by atoms with Crippen LogP contribution in [0.25, 0.3) is 0 Å². The van der Waals surface area contributed by atoms with Crippen molar-refractivity contribution in [2.75, 3.05) is 0 Å². The number of hydrogen-bond donors (Lipinski definition) is 0. The predicted octanol–water partition coefficient (Wildman–Crippen LogP) is 1.78. The highest BCUT2D eigenvalue weighted by atomic mass is 16.6. The monoisotopic (exact) mass is 219 g/mol. The largest absolute Gasteiger partial charge is 0.610 e. The quantitative estimate of drug-likeness (QED) is 0.623. The van der Waals surface area contributed by atoms with Crippen LogP contribution in [0, 0.1) is 0 Å². The van der Waals surface area contributed by atoms with Crippen LogP contribution >= 0.6 is 0 Å². The Kier molecular flexibility index (Phi) is 3.04. The van der Waals surface area contributed by atoms with Crippen molar-refractivity contribution in [1.29, 1.82) is 0 Å². The summed E-state index contributed by atoms with van der Waals surface area (Å²) < 4.78 is 11.0. The summed E-state index contributed by atoms with van der Waals surface area (Å²) >= 11 is 0. The molecule has 16 heavy (non-hydrogen) atoms. The van der Waals surface area contributed by atoms with Crippen LogP contribution in [0.3, 0.4) is 0 Å². The molecule has 1 aliphatic heterocycles. The summed E-state index contributed by atoms with van der Waals surface area (Å²) in [5, 5.41) is 11.8. The van der Waals surface area contributed by atoms with Gasteiger partial charge in [-0.25, -0.2) is 0 Å². The van der Waals surface area contributed by atoms with Gasteiger partial charge in [-0.3, -0.25) is 0 Å². The van der Waals surface area contributed by atoms with Crippen LogP contribution < -0.4 is 5.11 Å². The molecular weight excluding hydrogens is 204 g/mol. The Morgan fingerprint density at radius 1 is 1.12 bits per heavy atom. The van der Waals surface area contributed by atoms with E-state index >= 15 is 0 Å². The minimum absolute atomic E-state index is 0.0456. The standard InChI is InChI=1S/C13H16O3/c1-9-8-10(2)16-13(14)11-6-4-3-5-7-12(11)15-9/h3-7,9-10,14H,8H2,1-2H3/p-1/b13-11-/t9-,10-/m0/s1. The van der Waals surface area contributed by atoms with Gasteiger partial charge in [-0.1, -0.05) is 25.2 Å². The molecule has 2 aliphatic rings. The first-order valence-corrected chi connectivity index (χ1v) is 5.47. The second-order valence-electron chi connectivity index (χ2n) is 4.07. The van der Waals surface area contributed by atoms with Crippen molar-refractivity contribution in [3.05, 3.63) is 47.7 Å². The topological polar surface area (TPSA) is 41.5 Å². The van der Waals surface area contributed by atoms with Crippen LogP contribution in [0.4, 0.5) is 0 Å². The van der Waals surface area contributed by atoms with E-state index in [1.807, 2.05) is 26.0 Å². The Hall–Kier alpha value is -1.64. The van der Waals surface area contributed by atoms with E-state index in [1.54, 1.807) is 18.2 Å². The molecule has 0 amide bonds. The van der Waals surface area contributed by atoms with Crippen LogP contribution in [0.5, 0.6) is 0 Å². The zero-order chi connectivity index (χ0) is 11.5. The predicted molar refractivity (Wildman–Crippen MR) is 59.1 cm³/mol. The molecule has 86 valence electrons. The molecule has 3 nitrogen and oxygen atoms in total. The molecular formula is C13H15O3-. The van der Waals surface area contributed by atoms with Gasteiger partial charge in [0.1, 0.15) is 5.76 Å². The lowest BCUT2D eigenvalue weighted by molar-refractivity contribution is -0.365. The van der Waals surface area contributed by atoms with Crippen LogP contribution in [-0.2, 0) is 9.47 Å². The molecule has 0 aromatic carbocycles. The molecule has 0 aromatic rings. The van der Waals surface area contributed by atoms with E-state index in [0.29, 0.717) is 17.8 Å². The highest BCUT2D eigenvalue weighted by Crippen LogP contribution is 2.25. The van der Waals surface area contributed by atoms with Gasteiger partial charge < -0.3 is 14.6 Å². The number of rotatable bonds is 0. The maximum atomic E-state index is 11.8. The molecule has 0 saturated carbocycles. The summed E-state index contributed by atoms with van der Waals surface area (Å²) in [6.07, 6.45) is 9.68. The average molecular weight is 219 g/mol. The number of allylic oxidation sites excluding steroid dienone is 5. The lowest BCUT2D eigenvalue weighted by atomic mass is 10.1. The maximum Gasteiger partial charge on any atom is 0.128 e. The number of ether oxygens (including phenoxy) is 2. The van der Waals surface area contributed by atoms with Crippen LogP contribution in [0.15, 0.2) is 47.7 Å². The third kappa shape index (κ3) is 2.30. The molecule has 2 rings (SSSR count). The molecule has 1 aliphatic carbocycles. The minimum atomic E-state index is -0.314. The van der Waals surface area contributed by atoms with Crippen LogP contribution in [0.2, 0.25) is 0 Å². The summed E-state index contributed by atoms with van der Waals surface area (Å²) in [5.74, 6) is 0.278. The van der Waals surface area contributed by atoms with Crippen molar-refractivity contribution < 1.29 is 14.6 Å². The summed E-state index contributed by atoms with van der Waals surface area (Å²) in [6, 6.07) is 0. The Labute approximate surface area is 95.4 Å². The molecule has 0 radical (unpaired) electrons. The summed E-state index contributed by atoms with van der Waals surface area (Å²) in [4.78, 5) is 0. The highest BCUT2D eigenvalue weighted by molar-refractivity contribution is 5.42. The molecule has 0 fully saturated rings. The normalized spacial score (nSPS) is 33.8. The van der Waals surface area contributed by atoms with Crippen LogP contribution in [0.1, 0.15) is 20.3 Å².